The van der Waals surface area contributed by atoms with Gasteiger partial charge < -0.3 is 14.8 Å². The molecule has 6 nitrogen and oxygen atoms in total. The normalized spacial score (nSPS) is 23.2. The van der Waals surface area contributed by atoms with Gasteiger partial charge in [0.25, 0.3) is 5.91 Å². The number of amides is 1. The van der Waals surface area contributed by atoms with Crippen LogP contribution in [0.5, 0.6) is 0 Å². The second-order valence-electron chi connectivity index (χ2n) is 4.02. The van der Waals surface area contributed by atoms with Crippen molar-refractivity contribution in [2.75, 3.05) is 7.11 Å². The molecule has 0 saturated carbocycles. The number of hydrogen-bond donors (Lipinski definition) is 1. The lowest BCUT2D eigenvalue weighted by Crippen LogP contribution is -2.45. The Hall–Kier alpha value is -1.47. The smallest absolute Gasteiger partial charge is 0.328 e. The summed E-state index contributed by atoms with van der Waals surface area (Å²) in [4.78, 5) is 28.2. The summed E-state index contributed by atoms with van der Waals surface area (Å²) in [5.74, 6) is -0.743. The number of thiazole rings is 1. The van der Waals surface area contributed by atoms with Crippen molar-refractivity contribution in [3.05, 3.63) is 16.6 Å². The Morgan fingerprint density at radius 2 is 2.39 bits per heavy atom. The van der Waals surface area contributed by atoms with E-state index in [9.17, 15) is 9.59 Å². The maximum Gasteiger partial charge on any atom is 0.328 e. The molecular weight excluding hydrogens is 256 g/mol. The Labute approximate surface area is 108 Å². The van der Waals surface area contributed by atoms with E-state index >= 15 is 0 Å². The van der Waals surface area contributed by atoms with Crippen LogP contribution in [0.2, 0.25) is 0 Å². The van der Waals surface area contributed by atoms with Crippen LogP contribution >= 0.6 is 11.3 Å². The second kappa shape index (κ2) is 5.45. The fourth-order valence-electron chi connectivity index (χ4n) is 1.59. The molecule has 98 valence electrons. The molecule has 0 aliphatic carbocycles. The SMILES string of the molecule is COC(=O)C(Cc1cncs1)NC(=O)[C@@H]1O[C@H]1C. The zero-order valence-corrected chi connectivity index (χ0v) is 10.9. The largest absolute Gasteiger partial charge is 0.467 e. The average Bonchev–Trinajstić information content (AvgIpc) is 2.88. The Balaban J connectivity index is 1.96. The molecule has 18 heavy (non-hydrogen) atoms. The summed E-state index contributed by atoms with van der Waals surface area (Å²) < 4.78 is 9.73. The van der Waals surface area contributed by atoms with Crippen molar-refractivity contribution in [1.29, 1.82) is 0 Å². The Morgan fingerprint density at radius 3 is 2.89 bits per heavy atom. The minimum Gasteiger partial charge on any atom is -0.467 e. The van der Waals surface area contributed by atoms with Crippen molar-refractivity contribution >= 4 is 23.2 Å². The highest BCUT2D eigenvalue weighted by molar-refractivity contribution is 7.09. The third-order valence-electron chi connectivity index (χ3n) is 2.66. The molecule has 1 aliphatic heterocycles. The molecule has 0 aromatic carbocycles. The van der Waals surface area contributed by atoms with Crippen molar-refractivity contribution < 1.29 is 19.1 Å². The summed E-state index contributed by atoms with van der Waals surface area (Å²) in [7, 11) is 1.30. The number of nitrogens with zero attached hydrogens (tertiary/aromatic N) is 1. The van der Waals surface area contributed by atoms with Gasteiger partial charge in [-0.05, 0) is 6.92 Å². The van der Waals surface area contributed by atoms with E-state index in [1.165, 1.54) is 18.4 Å². The van der Waals surface area contributed by atoms with Gasteiger partial charge in [-0.15, -0.1) is 11.3 Å². The fraction of sp³-hybridized carbons (Fsp3) is 0.545. The molecule has 3 atom stereocenters. The molecule has 1 saturated heterocycles. The van der Waals surface area contributed by atoms with Gasteiger partial charge in [0.1, 0.15) is 6.04 Å². The predicted octanol–water partition coefficient (Wildman–Crippen LogP) is 0.131. The molecular formula is C11H14N2O4S. The van der Waals surface area contributed by atoms with Gasteiger partial charge in [0.2, 0.25) is 0 Å². The van der Waals surface area contributed by atoms with Crippen LogP contribution in [0.3, 0.4) is 0 Å². The van der Waals surface area contributed by atoms with Gasteiger partial charge in [0.05, 0.1) is 18.7 Å². The summed E-state index contributed by atoms with van der Waals surface area (Å²) in [5.41, 5.74) is 1.68. The van der Waals surface area contributed by atoms with E-state index in [1.807, 2.05) is 0 Å². The first-order chi connectivity index (χ1) is 8.61. The number of ether oxygens (including phenoxy) is 2. The summed E-state index contributed by atoms with van der Waals surface area (Å²) in [5, 5.41) is 2.64. The third kappa shape index (κ3) is 3.05. The lowest BCUT2D eigenvalue weighted by Gasteiger charge is -2.14. The Kier molecular flexibility index (Phi) is 3.93. The molecule has 1 aliphatic rings. The van der Waals surface area contributed by atoms with Crippen molar-refractivity contribution in [2.24, 2.45) is 0 Å². The van der Waals surface area contributed by atoms with Crippen LogP contribution in [0.1, 0.15) is 11.8 Å². The molecule has 1 amide bonds. The van der Waals surface area contributed by atoms with Crippen LogP contribution in [-0.2, 0) is 25.5 Å². The van der Waals surface area contributed by atoms with E-state index in [0.717, 1.165) is 4.88 Å². The van der Waals surface area contributed by atoms with Gasteiger partial charge >= 0.3 is 5.97 Å². The maximum atomic E-state index is 11.7. The van der Waals surface area contributed by atoms with Crippen LogP contribution in [0, 0.1) is 0 Å². The number of nitrogens with one attached hydrogen (secondary N) is 1. The van der Waals surface area contributed by atoms with E-state index in [2.05, 4.69) is 15.0 Å². The first-order valence-electron chi connectivity index (χ1n) is 5.53. The molecule has 2 rings (SSSR count). The Morgan fingerprint density at radius 1 is 1.67 bits per heavy atom. The van der Waals surface area contributed by atoms with Gasteiger partial charge in [0.15, 0.2) is 6.10 Å². The van der Waals surface area contributed by atoms with E-state index < -0.39 is 18.1 Å². The zero-order chi connectivity index (χ0) is 13.1. The molecule has 0 bridgehead atoms. The Bertz CT molecular complexity index is 434. The average molecular weight is 270 g/mol. The van der Waals surface area contributed by atoms with E-state index in [-0.39, 0.29) is 12.0 Å². The molecule has 7 heteroatoms. The highest BCUT2D eigenvalue weighted by Gasteiger charge is 2.42. The van der Waals surface area contributed by atoms with Crippen molar-refractivity contribution in [3.8, 4) is 0 Å². The van der Waals surface area contributed by atoms with E-state index in [0.29, 0.717) is 6.42 Å². The topological polar surface area (TPSA) is 80.8 Å². The molecule has 1 N–H and O–H groups in total. The second-order valence-corrected chi connectivity index (χ2v) is 4.99. The van der Waals surface area contributed by atoms with E-state index in [4.69, 9.17) is 4.74 Å². The van der Waals surface area contributed by atoms with Gasteiger partial charge in [-0.1, -0.05) is 0 Å². The maximum absolute atomic E-state index is 11.7. The quantitative estimate of drug-likeness (QED) is 0.607. The first kappa shape index (κ1) is 13.0. The van der Waals surface area contributed by atoms with Crippen molar-refractivity contribution in [2.45, 2.75) is 31.6 Å². The molecule has 2 heterocycles. The molecule has 1 aromatic rings. The van der Waals surface area contributed by atoms with Crippen LogP contribution < -0.4 is 5.32 Å². The number of epoxide rings is 1. The minimum atomic E-state index is -0.695. The molecule has 1 aromatic heterocycles. The van der Waals surface area contributed by atoms with Crippen LogP contribution in [0.15, 0.2) is 11.7 Å². The summed E-state index contributed by atoms with van der Waals surface area (Å²) in [6.07, 6.45) is 1.53. The lowest BCUT2D eigenvalue weighted by molar-refractivity contribution is -0.145. The van der Waals surface area contributed by atoms with Gasteiger partial charge in [0, 0.05) is 17.5 Å². The standard InChI is InChI=1S/C11H14N2O4S/c1-6-9(17-6)10(14)13-8(11(15)16-2)3-7-4-12-5-18-7/h4-6,8-9H,3H2,1-2H3,(H,13,14)/t6-,8?,9+/m0/s1. The number of carbonyl (C=O) groups excluding carboxylic acids is 2. The first-order valence-corrected chi connectivity index (χ1v) is 6.41. The summed E-state index contributed by atoms with van der Waals surface area (Å²) in [6, 6.07) is -0.695. The number of aromatic nitrogens is 1. The molecule has 1 fully saturated rings. The zero-order valence-electron chi connectivity index (χ0n) is 10.1. The van der Waals surface area contributed by atoms with Crippen LogP contribution in [0.4, 0.5) is 0 Å². The highest BCUT2D eigenvalue weighted by atomic mass is 32.1. The van der Waals surface area contributed by atoms with E-state index in [1.54, 1.807) is 18.6 Å². The van der Waals surface area contributed by atoms with Crippen molar-refractivity contribution in [1.82, 2.24) is 10.3 Å². The minimum absolute atomic E-state index is 0.0771. The number of esters is 1. The van der Waals surface area contributed by atoms with Crippen molar-refractivity contribution in [3.63, 3.8) is 0 Å². The third-order valence-corrected chi connectivity index (χ3v) is 3.46. The van der Waals surface area contributed by atoms with Crippen LogP contribution in [-0.4, -0.2) is 42.2 Å². The lowest BCUT2D eigenvalue weighted by atomic mass is 10.2. The van der Waals surface area contributed by atoms with Crippen LogP contribution in [0.25, 0.3) is 0 Å². The highest BCUT2D eigenvalue weighted by Crippen LogP contribution is 2.21. The number of hydrogen-bond acceptors (Lipinski definition) is 6. The summed E-state index contributed by atoms with van der Waals surface area (Å²) in [6.45, 7) is 1.81. The number of methoxy groups -OCH3 is 1. The van der Waals surface area contributed by atoms with Gasteiger partial charge in [-0.2, -0.15) is 0 Å². The number of rotatable bonds is 5. The fourth-order valence-corrected chi connectivity index (χ4v) is 2.24. The predicted molar refractivity (Wildman–Crippen MR) is 64.1 cm³/mol. The van der Waals surface area contributed by atoms with Gasteiger partial charge in [-0.25, -0.2) is 4.79 Å². The molecule has 0 radical (unpaired) electrons. The molecule has 0 spiro atoms. The number of carbonyl (C=O) groups is 2. The summed E-state index contributed by atoms with van der Waals surface area (Å²) >= 11 is 1.43. The monoisotopic (exact) mass is 270 g/mol. The van der Waals surface area contributed by atoms with Gasteiger partial charge in [-0.3, -0.25) is 9.78 Å². The molecule has 1 unspecified atom stereocenters.